The molecule has 0 saturated carbocycles. The Labute approximate surface area is 508 Å². The quantitative estimate of drug-likeness (QED) is 0.147. The standard InChI is InChI=1S/C81H82BN3/c1-51-25-22-26-52(2)73(51)54-45-67-65-42-41-64-63-33-20-21-34-68(63)81(15,16)74(64)76(65)85(59-38-35-55(36-39-59)77(3,4)5)82-69-50-62(83(60-31-23-29-56(47-60)78(6,7)8)61-32-24-30-57(48-61)79(9,10)11)40-44-71(69)84(72(46-54)75(67)82)70-43-37-58(80(12,13)14)49-66(70)53-27-18-17-19-28-53/h17-50H,1-16H3. The van der Waals surface area contributed by atoms with Crippen molar-refractivity contribution in [3.05, 3.63) is 251 Å². The van der Waals surface area contributed by atoms with Gasteiger partial charge in [-0.15, -0.1) is 0 Å². The number of nitrogens with zero attached hydrogens (tertiary/aromatic N) is 3. The minimum atomic E-state index is -0.316. The lowest BCUT2D eigenvalue weighted by Crippen LogP contribution is -2.62. The van der Waals surface area contributed by atoms with Gasteiger partial charge in [0.05, 0.1) is 5.69 Å². The summed E-state index contributed by atoms with van der Waals surface area (Å²) in [7, 11) is 0. The van der Waals surface area contributed by atoms with Gasteiger partial charge in [-0.1, -0.05) is 224 Å². The Balaban J connectivity index is 1.21. The summed E-state index contributed by atoms with van der Waals surface area (Å²) in [6, 6.07) is 79.9. The van der Waals surface area contributed by atoms with E-state index in [0.717, 1.165) is 28.4 Å². The Morgan fingerprint density at radius 3 is 1.55 bits per heavy atom. The molecule has 3 aliphatic rings. The summed E-state index contributed by atoms with van der Waals surface area (Å²) in [6.45, 7) is 37.1. The molecule has 13 rings (SSSR count). The summed E-state index contributed by atoms with van der Waals surface area (Å²) in [5.74, 6) is 0. The first-order valence-corrected chi connectivity index (χ1v) is 30.9. The fraction of sp³-hybridized carbons (Fsp3) is 0.259. The maximum Gasteiger partial charge on any atom is 0.333 e. The minimum absolute atomic E-state index is 0.0308. The molecule has 0 unspecified atom stereocenters. The highest BCUT2D eigenvalue weighted by molar-refractivity contribution is 6.93. The zero-order valence-electron chi connectivity index (χ0n) is 53.0. The van der Waals surface area contributed by atoms with Crippen molar-refractivity contribution in [2.75, 3.05) is 14.6 Å². The average Bonchev–Trinajstić information content (AvgIpc) is 1.66. The average molecular weight is 1110 g/mol. The van der Waals surface area contributed by atoms with Crippen molar-refractivity contribution < 1.29 is 0 Å². The van der Waals surface area contributed by atoms with Gasteiger partial charge in [0, 0.05) is 56.4 Å². The summed E-state index contributed by atoms with van der Waals surface area (Å²) < 4.78 is 0. The van der Waals surface area contributed by atoms with E-state index in [1.54, 1.807) is 0 Å². The molecule has 4 heteroatoms. The van der Waals surface area contributed by atoms with Crippen molar-refractivity contribution in [2.45, 2.75) is 138 Å². The molecule has 0 spiro atoms. The van der Waals surface area contributed by atoms with Gasteiger partial charge in [-0.2, -0.15) is 0 Å². The van der Waals surface area contributed by atoms with Crippen molar-refractivity contribution >= 4 is 63.3 Å². The van der Waals surface area contributed by atoms with Crippen LogP contribution < -0.4 is 25.5 Å². The van der Waals surface area contributed by atoms with E-state index < -0.39 is 0 Å². The SMILES string of the molecule is Cc1cccc(C)c1-c1cc2c3c(c1)N(c1ccc(C(C)(C)C)cc1-c1ccccc1)c1ccc(N(c4cccc(C(C)(C)C)c4)c4cccc(C(C)(C)C)c4)cc1B3N(c1ccc(C(C)(C)C)cc1)c1c-2ccc2c1C(C)(C)c1ccccc1-2. The number of fused-ring (bicyclic) bond motifs is 8. The van der Waals surface area contributed by atoms with Gasteiger partial charge in [0.1, 0.15) is 0 Å². The molecule has 0 atom stereocenters. The molecule has 424 valence electrons. The third kappa shape index (κ3) is 9.34. The third-order valence-corrected chi connectivity index (χ3v) is 18.9. The molecule has 10 aromatic rings. The van der Waals surface area contributed by atoms with Gasteiger partial charge >= 0.3 is 6.85 Å². The van der Waals surface area contributed by atoms with E-state index in [1.165, 1.54) is 117 Å². The molecule has 3 nitrogen and oxygen atoms in total. The summed E-state index contributed by atoms with van der Waals surface area (Å²) in [4.78, 5) is 7.97. The molecule has 0 amide bonds. The molecule has 85 heavy (non-hydrogen) atoms. The van der Waals surface area contributed by atoms with Crippen molar-refractivity contribution in [3.63, 3.8) is 0 Å². The second kappa shape index (κ2) is 19.9. The first kappa shape index (κ1) is 55.8. The van der Waals surface area contributed by atoms with Crippen LogP contribution in [-0.4, -0.2) is 6.85 Å². The van der Waals surface area contributed by atoms with Crippen LogP contribution in [0.5, 0.6) is 0 Å². The summed E-state index contributed by atoms with van der Waals surface area (Å²) in [6.07, 6.45) is 0. The maximum atomic E-state index is 2.78. The van der Waals surface area contributed by atoms with Crippen LogP contribution in [0.25, 0.3) is 44.5 Å². The molecule has 2 heterocycles. The van der Waals surface area contributed by atoms with Crippen molar-refractivity contribution in [1.29, 1.82) is 0 Å². The smallest absolute Gasteiger partial charge is 0.333 e. The third-order valence-electron chi connectivity index (χ3n) is 18.9. The molecule has 0 radical (unpaired) electrons. The zero-order valence-corrected chi connectivity index (χ0v) is 53.0. The van der Waals surface area contributed by atoms with Crippen LogP contribution in [0.4, 0.5) is 45.5 Å². The monoisotopic (exact) mass is 1110 g/mol. The molecule has 0 aromatic heterocycles. The highest BCUT2D eigenvalue weighted by Crippen LogP contribution is 2.59. The van der Waals surface area contributed by atoms with Crippen LogP contribution in [0.2, 0.25) is 0 Å². The molecular formula is C81H82BN3. The van der Waals surface area contributed by atoms with E-state index in [4.69, 9.17) is 0 Å². The van der Waals surface area contributed by atoms with Gasteiger partial charge in [-0.05, 0) is 203 Å². The van der Waals surface area contributed by atoms with E-state index in [-0.39, 0.29) is 33.9 Å². The Bertz CT molecular complexity index is 4210. The van der Waals surface area contributed by atoms with Crippen LogP contribution in [0.15, 0.2) is 206 Å². The van der Waals surface area contributed by atoms with Crippen molar-refractivity contribution in [1.82, 2.24) is 0 Å². The first-order valence-electron chi connectivity index (χ1n) is 30.9. The van der Waals surface area contributed by atoms with Gasteiger partial charge < -0.3 is 14.6 Å². The second-order valence-electron chi connectivity index (χ2n) is 29.2. The molecule has 0 fully saturated rings. The van der Waals surface area contributed by atoms with Crippen LogP contribution in [0.3, 0.4) is 0 Å². The number of aryl methyl sites for hydroxylation is 2. The highest BCUT2D eigenvalue weighted by atomic mass is 15.2. The van der Waals surface area contributed by atoms with Crippen molar-refractivity contribution in [2.24, 2.45) is 0 Å². The summed E-state index contributed by atoms with van der Waals surface area (Å²) >= 11 is 0. The lowest BCUT2D eigenvalue weighted by Gasteiger charge is -2.48. The molecular weight excluding hydrogens is 1030 g/mol. The normalized spacial score (nSPS) is 14.1. The van der Waals surface area contributed by atoms with Crippen molar-refractivity contribution in [3.8, 4) is 44.5 Å². The van der Waals surface area contributed by atoms with E-state index in [0.29, 0.717) is 0 Å². The van der Waals surface area contributed by atoms with E-state index in [2.05, 4.69) is 332 Å². The Morgan fingerprint density at radius 2 is 0.929 bits per heavy atom. The lowest BCUT2D eigenvalue weighted by atomic mass is 9.43. The largest absolute Gasteiger partial charge is 0.376 e. The topological polar surface area (TPSA) is 9.72 Å². The predicted octanol–water partition coefficient (Wildman–Crippen LogP) is 21.3. The molecule has 0 bridgehead atoms. The Kier molecular flexibility index (Phi) is 13.1. The summed E-state index contributed by atoms with van der Waals surface area (Å²) in [5, 5.41) is 0. The van der Waals surface area contributed by atoms with E-state index in [1.807, 2.05) is 0 Å². The van der Waals surface area contributed by atoms with Gasteiger partial charge in [0.15, 0.2) is 0 Å². The molecule has 0 saturated heterocycles. The highest BCUT2D eigenvalue weighted by Gasteiger charge is 2.50. The zero-order chi connectivity index (χ0) is 59.9. The Morgan fingerprint density at radius 1 is 0.388 bits per heavy atom. The minimum Gasteiger partial charge on any atom is -0.376 e. The number of anilines is 8. The van der Waals surface area contributed by atoms with Crippen LogP contribution in [0, 0.1) is 13.8 Å². The number of hydrogen-bond acceptors (Lipinski definition) is 3. The van der Waals surface area contributed by atoms with E-state index >= 15 is 0 Å². The molecule has 10 aromatic carbocycles. The van der Waals surface area contributed by atoms with Gasteiger partial charge in [-0.3, -0.25) is 0 Å². The number of rotatable bonds is 7. The van der Waals surface area contributed by atoms with Crippen LogP contribution >= 0.6 is 0 Å². The maximum absolute atomic E-state index is 2.78. The van der Waals surface area contributed by atoms with Gasteiger partial charge in [0.2, 0.25) is 0 Å². The van der Waals surface area contributed by atoms with E-state index in [9.17, 15) is 0 Å². The fourth-order valence-corrected chi connectivity index (χ4v) is 14.2. The molecule has 0 N–H and O–H groups in total. The predicted molar refractivity (Wildman–Crippen MR) is 368 cm³/mol. The second-order valence-corrected chi connectivity index (χ2v) is 29.2. The fourth-order valence-electron chi connectivity index (χ4n) is 14.2. The van der Waals surface area contributed by atoms with Crippen LogP contribution in [-0.2, 0) is 27.1 Å². The Hall–Kier alpha value is -8.34. The number of benzene rings is 10. The number of hydrogen-bond donors (Lipinski definition) is 0. The van der Waals surface area contributed by atoms with Gasteiger partial charge in [-0.25, -0.2) is 0 Å². The van der Waals surface area contributed by atoms with Crippen LogP contribution in [0.1, 0.15) is 141 Å². The van der Waals surface area contributed by atoms with Gasteiger partial charge in [0.25, 0.3) is 0 Å². The first-order chi connectivity index (χ1) is 40.3. The summed E-state index contributed by atoms with van der Waals surface area (Å²) in [5.41, 5.74) is 31.9. The molecule has 2 aliphatic heterocycles. The lowest BCUT2D eigenvalue weighted by molar-refractivity contribution is 0.590. The molecule has 1 aliphatic carbocycles.